The van der Waals surface area contributed by atoms with Gasteiger partial charge in [0.25, 0.3) is 0 Å². The van der Waals surface area contributed by atoms with Crippen LogP contribution in [0.25, 0.3) is 0 Å². The molecule has 21 heavy (non-hydrogen) atoms. The monoisotopic (exact) mass is 287 g/mol. The smallest absolute Gasteiger partial charge is 0.133 e. The van der Waals surface area contributed by atoms with Gasteiger partial charge in [-0.3, -0.25) is 0 Å². The lowest BCUT2D eigenvalue weighted by atomic mass is 10.1. The highest BCUT2D eigenvalue weighted by Gasteiger charge is 2.14. The molecule has 0 aromatic heterocycles. The van der Waals surface area contributed by atoms with Gasteiger partial charge in [0.05, 0.1) is 0 Å². The molecular formula is C18H22FNO. The van der Waals surface area contributed by atoms with Crippen LogP contribution in [0.1, 0.15) is 36.6 Å². The minimum absolute atomic E-state index is 0.0324. The van der Waals surface area contributed by atoms with Crippen LogP contribution in [0, 0.1) is 19.7 Å². The molecule has 2 nitrogen and oxygen atoms in total. The van der Waals surface area contributed by atoms with Crippen molar-refractivity contribution in [3.05, 3.63) is 58.9 Å². The molecule has 112 valence electrons. The van der Waals surface area contributed by atoms with E-state index in [9.17, 15) is 4.39 Å². The molecule has 0 radical (unpaired) electrons. The van der Waals surface area contributed by atoms with Gasteiger partial charge in [-0.2, -0.15) is 0 Å². The van der Waals surface area contributed by atoms with Crippen molar-refractivity contribution in [3.63, 3.8) is 0 Å². The van der Waals surface area contributed by atoms with E-state index in [4.69, 9.17) is 4.74 Å². The molecule has 0 amide bonds. The van der Waals surface area contributed by atoms with Gasteiger partial charge >= 0.3 is 0 Å². The molecule has 0 saturated heterocycles. The Hall–Kier alpha value is -1.87. The first-order chi connectivity index (χ1) is 10.0. The lowest BCUT2D eigenvalue weighted by Gasteiger charge is -2.19. The Balaban J connectivity index is 2.40. The van der Waals surface area contributed by atoms with Gasteiger partial charge in [-0.05, 0) is 56.6 Å². The molecule has 1 unspecified atom stereocenters. The topological polar surface area (TPSA) is 21.3 Å². The van der Waals surface area contributed by atoms with E-state index in [0.717, 1.165) is 29.0 Å². The maximum atomic E-state index is 13.6. The Bertz CT molecular complexity index is 604. The van der Waals surface area contributed by atoms with E-state index in [1.54, 1.807) is 6.07 Å². The van der Waals surface area contributed by atoms with E-state index >= 15 is 0 Å². The van der Waals surface area contributed by atoms with Gasteiger partial charge in [0.1, 0.15) is 17.3 Å². The quantitative estimate of drug-likeness (QED) is 0.844. The first-order valence-electron chi connectivity index (χ1n) is 7.29. The Kier molecular flexibility index (Phi) is 4.97. The molecule has 1 N–H and O–H groups in total. The van der Waals surface area contributed by atoms with Crippen LogP contribution in [0.3, 0.4) is 0 Å². The molecule has 3 heteroatoms. The predicted octanol–water partition coefficient (Wildman–Crippen LogP) is 4.91. The first-order valence-corrected chi connectivity index (χ1v) is 7.29. The van der Waals surface area contributed by atoms with Gasteiger partial charge in [-0.1, -0.05) is 25.1 Å². The van der Waals surface area contributed by atoms with Crippen LogP contribution in [0.4, 0.5) is 4.39 Å². The third-order valence-corrected chi connectivity index (χ3v) is 3.57. The number of rotatable bonds is 5. The first kappa shape index (κ1) is 15.5. The molecule has 0 aliphatic carbocycles. The molecular weight excluding hydrogens is 265 g/mol. The molecule has 2 aromatic rings. The van der Waals surface area contributed by atoms with Crippen LogP contribution >= 0.6 is 0 Å². The van der Waals surface area contributed by atoms with Gasteiger partial charge in [0.15, 0.2) is 0 Å². The van der Waals surface area contributed by atoms with Crippen LogP contribution in [-0.2, 0) is 0 Å². The van der Waals surface area contributed by atoms with Crippen molar-refractivity contribution in [1.82, 2.24) is 5.32 Å². The fourth-order valence-corrected chi connectivity index (χ4v) is 2.44. The number of ether oxygens (including phenoxy) is 1. The minimum atomic E-state index is -0.247. The fourth-order valence-electron chi connectivity index (χ4n) is 2.44. The van der Waals surface area contributed by atoms with E-state index in [2.05, 4.69) is 5.32 Å². The van der Waals surface area contributed by atoms with Crippen molar-refractivity contribution < 1.29 is 9.13 Å². The standard InChI is InChI=1S/C18H22FNO/c1-5-20-14(4)16-11-15(19)9-10-17(16)21-18-12(2)7-6-8-13(18)3/h6-11,14,20H,5H2,1-4H3. The zero-order valence-corrected chi connectivity index (χ0v) is 13.0. The number of aryl methyl sites for hydroxylation is 2. The Morgan fingerprint density at radius 2 is 1.81 bits per heavy atom. The van der Waals surface area contributed by atoms with Crippen LogP contribution in [-0.4, -0.2) is 6.54 Å². The third kappa shape index (κ3) is 3.61. The summed E-state index contributed by atoms with van der Waals surface area (Å²) < 4.78 is 19.6. The SMILES string of the molecule is CCNC(C)c1cc(F)ccc1Oc1c(C)cccc1C. The summed E-state index contributed by atoms with van der Waals surface area (Å²) >= 11 is 0. The van der Waals surface area contributed by atoms with Crippen LogP contribution in [0.5, 0.6) is 11.5 Å². The van der Waals surface area contributed by atoms with E-state index in [1.165, 1.54) is 12.1 Å². The second-order valence-corrected chi connectivity index (χ2v) is 5.28. The summed E-state index contributed by atoms with van der Waals surface area (Å²) in [6.45, 7) is 8.89. The number of hydrogen-bond acceptors (Lipinski definition) is 2. The average Bonchev–Trinajstić information content (AvgIpc) is 2.44. The minimum Gasteiger partial charge on any atom is -0.456 e. The molecule has 0 bridgehead atoms. The van der Waals surface area contributed by atoms with E-state index in [1.807, 2.05) is 45.9 Å². The number of para-hydroxylation sites is 1. The lowest BCUT2D eigenvalue weighted by Crippen LogP contribution is -2.18. The molecule has 0 saturated carbocycles. The molecule has 1 atom stereocenters. The van der Waals surface area contributed by atoms with Crippen molar-refractivity contribution >= 4 is 0 Å². The summed E-state index contributed by atoms with van der Waals surface area (Å²) in [5, 5.41) is 3.30. The zero-order chi connectivity index (χ0) is 15.4. The molecule has 2 aromatic carbocycles. The maximum Gasteiger partial charge on any atom is 0.133 e. The zero-order valence-electron chi connectivity index (χ0n) is 13.0. The fraction of sp³-hybridized carbons (Fsp3) is 0.333. The highest BCUT2D eigenvalue weighted by Crippen LogP contribution is 2.33. The molecule has 0 spiro atoms. The normalized spacial score (nSPS) is 12.2. The Morgan fingerprint density at radius 1 is 1.14 bits per heavy atom. The second kappa shape index (κ2) is 6.72. The predicted molar refractivity (Wildman–Crippen MR) is 84.5 cm³/mol. The van der Waals surface area contributed by atoms with Crippen LogP contribution in [0.15, 0.2) is 36.4 Å². The van der Waals surface area contributed by atoms with Crippen molar-refractivity contribution in [1.29, 1.82) is 0 Å². The highest BCUT2D eigenvalue weighted by atomic mass is 19.1. The summed E-state index contributed by atoms with van der Waals surface area (Å²) in [6, 6.07) is 10.7. The molecule has 0 aliphatic heterocycles. The number of hydrogen-bond donors (Lipinski definition) is 1. The lowest BCUT2D eigenvalue weighted by molar-refractivity contribution is 0.454. The average molecular weight is 287 g/mol. The Morgan fingerprint density at radius 3 is 2.43 bits per heavy atom. The number of benzene rings is 2. The van der Waals surface area contributed by atoms with Crippen molar-refractivity contribution in [3.8, 4) is 11.5 Å². The van der Waals surface area contributed by atoms with Gasteiger partial charge in [0, 0.05) is 11.6 Å². The van der Waals surface area contributed by atoms with E-state index in [0.29, 0.717) is 5.75 Å². The van der Waals surface area contributed by atoms with Gasteiger partial charge in [-0.25, -0.2) is 4.39 Å². The number of nitrogens with one attached hydrogen (secondary N) is 1. The summed E-state index contributed by atoms with van der Waals surface area (Å²) in [5.41, 5.74) is 2.97. The van der Waals surface area contributed by atoms with Crippen molar-refractivity contribution in [2.45, 2.75) is 33.7 Å². The summed E-state index contributed by atoms with van der Waals surface area (Å²) in [6.07, 6.45) is 0. The van der Waals surface area contributed by atoms with E-state index < -0.39 is 0 Å². The van der Waals surface area contributed by atoms with Crippen LogP contribution in [0.2, 0.25) is 0 Å². The van der Waals surface area contributed by atoms with Crippen molar-refractivity contribution in [2.75, 3.05) is 6.54 Å². The van der Waals surface area contributed by atoms with Gasteiger partial charge in [0.2, 0.25) is 0 Å². The van der Waals surface area contributed by atoms with Gasteiger partial charge in [-0.15, -0.1) is 0 Å². The largest absolute Gasteiger partial charge is 0.456 e. The molecule has 2 rings (SSSR count). The van der Waals surface area contributed by atoms with Crippen molar-refractivity contribution in [2.24, 2.45) is 0 Å². The molecule has 0 heterocycles. The Labute approximate surface area is 126 Å². The van der Waals surface area contributed by atoms with Gasteiger partial charge < -0.3 is 10.1 Å². The van der Waals surface area contributed by atoms with E-state index in [-0.39, 0.29) is 11.9 Å². The summed E-state index contributed by atoms with van der Waals surface area (Å²) in [7, 11) is 0. The summed E-state index contributed by atoms with van der Waals surface area (Å²) in [5.74, 6) is 1.29. The second-order valence-electron chi connectivity index (χ2n) is 5.28. The van der Waals surface area contributed by atoms with Crippen LogP contribution < -0.4 is 10.1 Å². The maximum absolute atomic E-state index is 13.6. The third-order valence-electron chi connectivity index (χ3n) is 3.57. The molecule has 0 fully saturated rings. The molecule has 0 aliphatic rings. The highest BCUT2D eigenvalue weighted by molar-refractivity contribution is 5.46. The number of halogens is 1. The summed E-state index contributed by atoms with van der Waals surface area (Å²) in [4.78, 5) is 0.